The Kier molecular flexibility index (Phi) is 4.89. The van der Waals surface area contributed by atoms with E-state index in [0.717, 1.165) is 5.56 Å². The number of ether oxygens (including phenoxy) is 1. The van der Waals surface area contributed by atoms with Crippen LogP contribution in [0.5, 0.6) is 0 Å². The topological polar surface area (TPSA) is 47.9 Å². The van der Waals surface area contributed by atoms with Gasteiger partial charge in [-0.3, -0.25) is 0 Å². The number of nitrogens with zero attached hydrogens (tertiary/aromatic N) is 1. The first-order chi connectivity index (χ1) is 9.81. The molecule has 2 aromatic rings. The van der Waals surface area contributed by atoms with Crippen LogP contribution in [0, 0.1) is 0 Å². The highest BCUT2D eigenvalue weighted by atomic mass is 16.6. The van der Waals surface area contributed by atoms with Crippen LogP contribution in [-0.2, 0) is 21.0 Å². The lowest BCUT2D eigenvalue weighted by Gasteiger charge is -2.05. The lowest BCUT2D eigenvalue weighted by molar-refractivity contribution is -0.132. The third kappa shape index (κ3) is 3.68. The Labute approximate surface area is 117 Å². The van der Waals surface area contributed by atoms with E-state index in [1.807, 2.05) is 48.5 Å². The summed E-state index contributed by atoms with van der Waals surface area (Å²) in [4.78, 5) is 17.0. The average Bonchev–Trinajstić information content (AvgIpc) is 2.53. The second kappa shape index (κ2) is 7.09. The summed E-state index contributed by atoms with van der Waals surface area (Å²) in [5, 5.41) is 3.90. The van der Waals surface area contributed by atoms with E-state index in [0.29, 0.717) is 12.2 Å². The molecule has 0 bridgehead atoms. The highest BCUT2D eigenvalue weighted by molar-refractivity contribution is 6.43. The van der Waals surface area contributed by atoms with Gasteiger partial charge < -0.3 is 9.57 Å². The van der Waals surface area contributed by atoms with Gasteiger partial charge in [0.25, 0.3) is 0 Å². The van der Waals surface area contributed by atoms with Gasteiger partial charge in [0, 0.05) is 5.56 Å². The van der Waals surface area contributed by atoms with E-state index in [9.17, 15) is 4.79 Å². The van der Waals surface area contributed by atoms with Crippen LogP contribution in [0.25, 0.3) is 0 Å². The Balaban J connectivity index is 2.11. The maximum absolute atomic E-state index is 11.7. The Hall–Kier alpha value is -2.62. The minimum Gasteiger partial charge on any atom is -0.464 e. The minimum atomic E-state index is -0.524. The average molecular weight is 269 g/mol. The second-order valence-electron chi connectivity index (χ2n) is 4.06. The first-order valence-electron chi connectivity index (χ1n) is 6.19. The fourth-order valence-corrected chi connectivity index (χ4v) is 1.65. The molecule has 0 spiro atoms. The Morgan fingerprint density at radius 2 is 1.60 bits per heavy atom. The zero-order chi connectivity index (χ0) is 14.2. The molecular weight excluding hydrogens is 254 g/mol. The maximum Gasteiger partial charge on any atom is 0.360 e. The van der Waals surface area contributed by atoms with Gasteiger partial charge in [0.1, 0.15) is 6.61 Å². The van der Waals surface area contributed by atoms with Gasteiger partial charge in [0.05, 0.1) is 7.11 Å². The van der Waals surface area contributed by atoms with E-state index in [1.165, 1.54) is 7.11 Å². The van der Waals surface area contributed by atoms with Crippen molar-refractivity contribution in [3.05, 3.63) is 71.8 Å². The van der Waals surface area contributed by atoms with E-state index in [2.05, 4.69) is 5.16 Å². The van der Waals surface area contributed by atoms with Crippen molar-refractivity contribution < 1.29 is 14.4 Å². The summed E-state index contributed by atoms with van der Waals surface area (Å²) in [5.41, 5.74) is 1.80. The van der Waals surface area contributed by atoms with Crippen molar-refractivity contribution in [2.75, 3.05) is 7.11 Å². The highest BCUT2D eigenvalue weighted by Gasteiger charge is 2.15. The van der Waals surface area contributed by atoms with Crippen molar-refractivity contribution in [1.82, 2.24) is 0 Å². The molecule has 2 aromatic carbocycles. The van der Waals surface area contributed by atoms with E-state index in [4.69, 9.17) is 9.57 Å². The van der Waals surface area contributed by atoms with Crippen molar-refractivity contribution in [2.45, 2.75) is 6.61 Å². The third-order valence-corrected chi connectivity index (χ3v) is 2.66. The Morgan fingerprint density at radius 1 is 1.00 bits per heavy atom. The lowest BCUT2D eigenvalue weighted by Crippen LogP contribution is -2.17. The molecule has 0 N–H and O–H groups in total. The largest absolute Gasteiger partial charge is 0.464 e. The first-order valence-corrected chi connectivity index (χ1v) is 6.19. The molecule has 20 heavy (non-hydrogen) atoms. The minimum absolute atomic E-state index is 0.157. The number of hydrogen-bond acceptors (Lipinski definition) is 4. The van der Waals surface area contributed by atoms with Crippen molar-refractivity contribution in [3.63, 3.8) is 0 Å². The predicted molar refractivity (Wildman–Crippen MR) is 76.2 cm³/mol. The summed E-state index contributed by atoms with van der Waals surface area (Å²) in [5.74, 6) is -0.524. The zero-order valence-electron chi connectivity index (χ0n) is 11.2. The van der Waals surface area contributed by atoms with Gasteiger partial charge in [-0.15, -0.1) is 0 Å². The van der Waals surface area contributed by atoms with Crippen LogP contribution in [-0.4, -0.2) is 18.8 Å². The number of methoxy groups -OCH3 is 1. The molecule has 4 nitrogen and oxygen atoms in total. The number of rotatable bonds is 5. The van der Waals surface area contributed by atoms with Crippen LogP contribution in [0.3, 0.4) is 0 Å². The van der Waals surface area contributed by atoms with Gasteiger partial charge in [-0.25, -0.2) is 4.79 Å². The van der Waals surface area contributed by atoms with E-state index < -0.39 is 5.97 Å². The van der Waals surface area contributed by atoms with Gasteiger partial charge in [0.15, 0.2) is 5.71 Å². The highest BCUT2D eigenvalue weighted by Crippen LogP contribution is 2.06. The quantitative estimate of drug-likeness (QED) is 0.476. The van der Waals surface area contributed by atoms with E-state index in [-0.39, 0.29) is 5.71 Å². The maximum atomic E-state index is 11.7. The zero-order valence-corrected chi connectivity index (χ0v) is 11.2. The van der Waals surface area contributed by atoms with Gasteiger partial charge in [-0.1, -0.05) is 65.8 Å². The number of hydrogen-bond donors (Lipinski definition) is 0. The summed E-state index contributed by atoms with van der Waals surface area (Å²) in [6.45, 7) is 0.300. The molecule has 0 fully saturated rings. The van der Waals surface area contributed by atoms with Crippen LogP contribution in [0.2, 0.25) is 0 Å². The summed E-state index contributed by atoms with van der Waals surface area (Å²) >= 11 is 0. The molecule has 0 heterocycles. The summed E-state index contributed by atoms with van der Waals surface area (Å²) in [6.07, 6.45) is 0. The molecule has 102 valence electrons. The van der Waals surface area contributed by atoms with Crippen LogP contribution in [0.15, 0.2) is 65.8 Å². The van der Waals surface area contributed by atoms with E-state index >= 15 is 0 Å². The monoisotopic (exact) mass is 269 g/mol. The summed E-state index contributed by atoms with van der Waals surface area (Å²) < 4.78 is 4.72. The number of carbonyl (C=O) groups is 1. The molecule has 0 aromatic heterocycles. The molecular formula is C16H15NO3. The van der Waals surface area contributed by atoms with Gasteiger partial charge in [-0.05, 0) is 5.56 Å². The van der Waals surface area contributed by atoms with Crippen molar-refractivity contribution in [3.8, 4) is 0 Å². The van der Waals surface area contributed by atoms with Crippen LogP contribution < -0.4 is 0 Å². The predicted octanol–water partition coefficient (Wildman–Crippen LogP) is 2.78. The van der Waals surface area contributed by atoms with Gasteiger partial charge >= 0.3 is 5.97 Å². The fraction of sp³-hybridized carbons (Fsp3) is 0.125. The van der Waals surface area contributed by atoms with Crippen LogP contribution in [0.1, 0.15) is 11.1 Å². The van der Waals surface area contributed by atoms with Crippen molar-refractivity contribution in [2.24, 2.45) is 5.16 Å². The first kappa shape index (κ1) is 13.8. The standard InChI is InChI=1S/C16H15NO3/c1-19-16(18)15(14-10-6-3-7-11-14)17-20-12-13-8-4-2-5-9-13/h2-11H,12H2,1H3/b17-15-. The number of esters is 1. The molecule has 0 saturated heterocycles. The number of carbonyl (C=O) groups excluding carboxylic acids is 1. The lowest BCUT2D eigenvalue weighted by atomic mass is 10.1. The molecule has 0 aliphatic rings. The van der Waals surface area contributed by atoms with Gasteiger partial charge in [-0.2, -0.15) is 0 Å². The van der Waals surface area contributed by atoms with E-state index in [1.54, 1.807) is 12.1 Å². The molecule has 0 unspecified atom stereocenters. The second-order valence-corrected chi connectivity index (χ2v) is 4.06. The van der Waals surface area contributed by atoms with Crippen LogP contribution in [0.4, 0.5) is 0 Å². The van der Waals surface area contributed by atoms with Gasteiger partial charge in [0.2, 0.25) is 0 Å². The smallest absolute Gasteiger partial charge is 0.360 e. The molecule has 0 saturated carbocycles. The normalized spacial score (nSPS) is 10.9. The van der Waals surface area contributed by atoms with Crippen molar-refractivity contribution >= 4 is 11.7 Å². The molecule has 0 atom stereocenters. The SMILES string of the molecule is COC(=O)/C(=N\OCc1ccccc1)c1ccccc1. The third-order valence-electron chi connectivity index (χ3n) is 2.66. The Morgan fingerprint density at radius 3 is 2.20 bits per heavy atom. The number of benzene rings is 2. The molecule has 0 radical (unpaired) electrons. The molecule has 0 amide bonds. The molecule has 0 aliphatic carbocycles. The van der Waals surface area contributed by atoms with Crippen molar-refractivity contribution in [1.29, 1.82) is 0 Å². The summed E-state index contributed by atoms with van der Waals surface area (Å²) in [7, 11) is 1.32. The number of oxime groups is 1. The fourth-order valence-electron chi connectivity index (χ4n) is 1.65. The molecule has 2 rings (SSSR count). The molecule has 0 aliphatic heterocycles. The van der Waals surface area contributed by atoms with Crippen LogP contribution >= 0.6 is 0 Å². The summed E-state index contributed by atoms with van der Waals surface area (Å²) in [6, 6.07) is 18.7. The molecule has 4 heteroatoms. The Bertz CT molecular complexity index is 579.